The largest absolute Gasteiger partial charge is 0.416 e. The maximum Gasteiger partial charge on any atom is 0.416 e. The predicted octanol–water partition coefficient (Wildman–Crippen LogP) is 5.66. The minimum atomic E-state index is -4.37. The predicted molar refractivity (Wildman–Crippen MR) is 74.3 cm³/mol. The molecule has 0 fully saturated rings. The molecule has 106 valence electrons. The van der Waals surface area contributed by atoms with Crippen LogP contribution in [0.1, 0.15) is 5.56 Å². The van der Waals surface area contributed by atoms with Gasteiger partial charge in [-0.05, 0) is 40.8 Å². The molecule has 3 rings (SSSR count). The third-order valence-corrected chi connectivity index (χ3v) is 3.36. The number of halogens is 4. The Morgan fingerprint density at radius 1 is 0.714 bits per heavy atom. The summed E-state index contributed by atoms with van der Waals surface area (Å²) in [4.78, 5) is 0. The van der Waals surface area contributed by atoms with Crippen LogP contribution in [0, 0.1) is 5.82 Å². The van der Waals surface area contributed by atoms with Crippen molar-refractivity contribution in [3.8, 4) is 11.1 Å². The average Bonchev–Trinajstić information content (AvgIpc) is 2.46. The van der Waals surface area contributed by atoms with Crippen molar-refractivity contribution >= 4 is 10.8 Å². The number of hydrogen-bond donors (Lipinski definition) is 0. The monoisotopic (exact) mass is 290 g/mol. The van der Waals surface area contributed by atoms with Crippen molar-refractivity contribution in [3.05, 3.63) is 72.0 Å². The molecule has 0 nitrogen and oxygen atoms in total. The summed E-state index contributed by atoms with van der Waals surface area (Å²) in [7, 11) is 0. The molecule has 0 atom stereocenters. The van der Waals surface area contributed by atoms with Gasteiger partial charge in [-0.25, -0.2) is 4.39 Å². The van der Waals surface area contributed by atoms with E-state index in [0.29, 0.717) is 21.9 Å². The second kappa shape index (κ2) is 4.88. The molecule has 0 radical (unpaired) electrons. The minimum absolute atomic E-state index is 0.386. The first-order valence-corrected chi connectivity index (χ1v) is 6.31. The Morgan fingerprint density at radius 3 is 2.05 bits per heavy atom. The average molecular weight is 290 g/mol. The van der Waals surface area contributed by atoms with E-state index in [0.717, 1.165) is 12.1 Å². The van der Waals surface area contributed by atoms with E-state index in [9.17, 15) is 17.6 Å². The molecule has 0 unspecified atom stereocenters. The Hall–Kier alpha value is -2.36. The molecule has 21 heavy (non-hydrogen) atoms. The fourth-order valence-electron chi connectivity index (χ4n) is 2.28. The molecule has 0 aliphatic carbocycles. The van der Waals surface area contributed by atoms with Crippen molar-refractivity contribution in [2.75, 3.05) is 0 Å². The van der Waals surface area contributed by atoms with Crippen LogP contribution in [0.5, 0.6) is 0 Å². The van der Waals surface area contributed by atoms with Crippen molar-refractivity contribution in [1.82, 2.24) is 0 Å². The number of rotatable bonds is 1. The Labute approximate surface area is 118 Å². The summed E-state index contributed by atoms with van der Waals surface area (Å²) < 4.78 is 51.6. The molecule has 0 aliphatic rings. The summed E-state index contributed by atoms with van der Waals surface area (Å²) in [5, 5.41) is 1.21. The molecule has 3 aromatic carbocycles. The summed E-state index contributed by atoms with van der Waals surface area (Å²) in [5.41, 5.74) is 0.389. The van der Waals surface area contributed by atoms with Gasteiger partial charge in [0.2, 0.25) is 0 Å². The highest BCUT2D eigenvalue weighted by molar-refractivity contribution is 5.87. The van der Waals surface area contributed by atoms with Crippen molar-refractivity contribution in [3.63, 3.8) is 0 Å². The van der Waals surface area contributed by atoms with Crippen molar-refractivity contribution in [1.29, 1.82) is 0 Å². The maximum atomic E-state index is 14.0. The number of benzene rings is 3. The molecule has 0 saturated heterocycles. The van der Waals surface area contributed by atoms with Gasteiger partial charge in [-0.2, -0.15) is 13.2 Å². The van der Waals surface area contributed by atoms with E-state index in [1.807, 2.05) is 0 Å². The summed E-state index contributed by atoms with van der Waals surface area (Å²) in [5.74, 6) is -0.386. The summed E-state index contributed by atoms with van der Waals surface area (Å²) in [6.45, 7) is 0. The molecule has 0 bridgehead atoms. The zero-order valence-electron chi connectivity index (χ0n) is 10.8. The van der Waals surface area contributed by atoms with Crippen molar-refractivity contribution in [2.45, 2.75) is 6.18 Å². The Morgan fingerprint density at radius 2 is 1.38 bits per heavy atom. The van der Waals surface area contributed by atoms with Crippen LogP contribution in [0.4, 0.5) is 17.6 Å². The highest BCUT2D eigenvalue weighted by Gasteiger charge is 2.29. The van der Waals surface area contributed by atoms with Crippen molar-refractivity contribution in [2.24, 2.45) is 0 Å². The van der Waals surface area contributed by atoms with Gasteiger partial charge in [0.1, 0.15) is 5.82 Å². The van der Waals surface area contributed by atoms with E-state index >= 15 is 0 Å². The lowest BCUT2D eigenvalue weighted by molar-refractivity contribution is -0.137. The smallest absolute Gasteiger partial charge is 0.206 e. The first-order chi connectivity index (χ1) is 9.95. The molecule has 0 aliphatic heterocycles. The van der Waals surface area contributed by atoms with Gasteiger partial charge in [-0.1, -0.05) is 36.4 Å². The molecule has 0 saturated carbocycles. The third-order valence-electron chi connectivity index (χ3n) is 3.36. The summed E-state index contributed by atoms with van der Waals surface area (Å²) in [6, 6.07) is 14.8. The highest BCUT2D eigenvalue weighted by Crippen LogP contribution is 2.32. The summed E-state index contributed by atoms with van der Waals surface area (Å²) in [6.07, 6.45) is -4.37. The van der Waals surface area contributed by atoms with Gasteiger partial charge in [-0.15, -0.1) is 0 Å². The fraction of sp³-hybridized carbons (Fsp3) is 0.0588. The second-order valence-electron chi connectivity index (χ2n) is 4.75. The molecular weight excluding hydrogens is 280 g/mol. The second-order valence-corrected chi connectivity index (χ2v) is 4.75. The van der Waals surface area contributed by atoms with Crippen LogP contribution in [0.25, 0.3) is 21.9 Å². The summed E-state index contributed by atoms with van der Waals surface area (Å²) >= 11 is 0. The van der Waals surface area contributed by atoms with E-state index in [1.165, 1.54) is 18.2 Å². The van der Waals surface area contributed by atoms with Gasteiger partial charge in [0.05, 0.1) is 5.56 Å². The van der Waals surface area contributed by atoms with Crippen molar-refractivity contribution < 1.29 is 17.6 Å². The van der Waals surface area contributed by atoms with Crippen LogP contribution < -0.4 is 0 Å². The molecule has 0 heterocycles. The Bertz CT molecular complexity index is 786. The van der Waals surface area contributed by atoms with E-state index in [-0.39, 0.29) is 5.82 Å². The minimum Gasteiger partial charge on any atom is -0.206 e. The zero-order chi connectivity index (χ0) is 15.0. The number of fused-ring (bicyclic) bond motifs is 1. The van der Waals surface area contributed by atoms with Gasteiger partial charge < -0.3 is 0 Å². The Balaban J connectivity index is 2.08. The van der Waals surface area contributed by atoms with Gasteiger partial charge in [0.15, 0.2) is 0 Å². The number of alkyl halides is 3. The normalized spacial score (nSPS) is 11.8. The highest BCUT2D eigenvalue weighted by atomic mass is 19.4. The van der Waals surface area contributed by atoms with E-state index < -0.39 is 11.7 Å². The first kappa shape index (κ1) is 13.6. The molecule has 4 heteroatoms. The fourth-order valence-corrected chi connectivity index (χ4v) is 2.28. The van der Waals surface area contributed by atoms with Gasteiger partial charge in [0, 0.05) is 5.39 Å². The van der Waals surface area contributed by atoms with Crippen LogP contribution in [0.15, 0.2) is 60.7 Å². The third kappa shape index (κ3) is 2.61. The van der Waals surface area contributed by atoms with Crippen LogP contribution in [-0.2, 0) is 6.18 Å². The van der Waals surface area contributed by atoms with Gasteiger partial charge in [0.25, 0.3) is 0 Å². The molecule has 0 spiro atoms. The molecule has 0 N–H and O–H groups in total. The number of hydrogen-bond acceptors (Lipinski definition) is 0. The van der Waals surface area contributed by atoms with Crippen LogP contribution in [0.3, 0.4) is 0 Å². The lowest BCUT2D eigenvalue weighted by atomic mass is 10.00. The van der Waals surface area contributed by atoms with Crippen LogP contribution >= 0.6 is 0 Å². The van der Waals surface area contributed by atoms with Gasteiger partial charge in [-0.3, -0.25) is 0 Å². The molecular formula is C17H10F4. The lowest BCUT2D eigenvalue weighted by Gasteiger charge is -2.09. The molecule has 0 amide bonds. The maximum absolute atomic E-state index is 14.0. The zero-order valence-corrected chi connectivity index (χ0v) is 10.8. The molecule has 0 aromatic heterocycles. The quantitative estimate of drug-likeness (QED) is 0.507. The standard InChI is InChI=1S/C17H10F4/c18-16-10-13(9-12-3-1-2-4-15(12)16)11-5-7-14(8-6-11)17(19,20)21/h1-10H. The van der Waals surface area contributed by atoms with E-state index in [4.69, 9.17) is 0 Å². The van der Waals surface area contributed by atoms with Crippen LogP contribution in [0.2, 0.25) is 0 Å². The topological polar surface area (TPSA) is 0 Å². The SMILES string of the molecule is Fc1cc(-c2ccc(C(F)(F)F)cc2)cc2ccccc12. The van der Waals surface area contributed by atoms with Crippen LogP contribution in [-0.4, -0.2) is 0 Å². The van der Waals surface area contributed by atoms with E-state index in [1.54, 1.807) is 30.3 Å². The van der Waals surface area contributed by atoms with Gasteiger partial charge >= 0.3 is 6.18 Å². The lowest BCUT2D eigenvalue weighted by Crippen LogP contribution is -2.03. The van der Waals surface area contributed by atoms with E-state index in [2.05, 4.69) is 0 Å². The first-order valence-electron chi connectivity index (χ1n) is 6.31. The molecule has 3 aromatic rings. The Kier molecular flexibility index (Phi) is 3.16.